The number of carbonyl (C=O) groups excluding carboxylic acids is 1. The third-order valence-corrected chi connectivity index (χ3v) is 4.39. The van der Waals surface area contributed by atoms with Crippen LogP contribution in [0, 0.1) is 0 Å². The van der Waals surface area contributed by atoms with Gasteiger partial charge in [-0.1, -0.05) is 12.1 Å². The van der Waals surface area contributed by atoms with Gasteiger partial charge in [0, 0.05) is 38.3 Å². The molecule has 0 aliphatic carbocycles. The van der Waals surface area contributed by atoms with Crippen molar-refractivity contribution in [3.63, 3.8) is 0 Å². The fourth-order valence-corrected chi connectivity index (χ4v) is 3.09. The average molecular weight is 343 g/mol. The number of nitrogens with one attached hydrogen (secondary N) is 1. The molecule has 2 aromatic rings. The van der Waals surface area contributed by atoms with Crippen molar-refractivity contribution >= 4 is 17.4 Å². The second-order valence-corrected chi connectivity index (χ2v) is 6.55. The number of hydrogen-bond acceptors (Lipinski definition) is 5. The van der Waals surface area contributed by atoms with Crippen molar-refractivity contribution in [1.82, 2.24) is 14.7 Å². The Labute approximate surface area is 147 Å². The number of benzene rings is 1. The van der Waals surface area contributed by atoms with E-state index in [0.29, 0.717) is 12.3 Å². The summed E-state index contributed by atoms with van der Waals surface area (Å²) in [6.45, 7) is 7.56. The van der Waals surface area contributed by atoms with Gasteiger partial charge in [-0.2, -0.15) is 5.10 Å². The van der Waals surface area contributed by atoms with Gasteiger partial charge < -0.3 is 15.3 Å². The maximum atomic E-state index is 12.3. The molecule has 0 unspecified atom stereocenters. The quantitative estimate of drug-likeness (QED) is 0.868. The van der Waals surface area contributed by atoms with E-state index in [0.717, 1.165) is 37.7 Å². The van der Waals surface area contributed by atoms with Crippen molar-refractivity contribution in [2.45, 2.75) is 19.9 Å². The summed E-state index contributed by atoms with van der Waals surface area (Å²) in [7, 11) is 0. The van der Waals surface area contributed by atoms with Crippen LogP contribution in [-0.2, 0) is 4.79 Å². The van der Waals surface area contributed by atoms with Crippen molar-refractivity contribution in [3.05, 3.63) is 36.5 Å². The molecule has 0 atom stereocenters. The lowest BCUT2D eigenvalue weighted by atomic mass is 10.2. The highest BCUT2D eigenvalue weighted by Crippen LogP contribution is 2.27. The molecule has 1 aliphatic rings. The summed E-state index contributed by atoms with van der Waals surface area (Å²) in [5, 5.41) is 17.1. The number of aromatic hydroxyl groups is 1. The average Bonchev–Trinajstić information content (AvgIpc) is 3.04. The molecule has 0 spiro atoms. The van der Waals surface area contributed by atoms with E-state index in [4.69, 9.17) is 0 Å². The van der Waals surface area contributed by atoms with E-state index in [-0.39, 0.29) is 11.9 Å². The monoisotopic (exact) mass is 343 g/mol. The predicted molar refractivity (Wildman–Crippen MR) is 98.0 cm³/mol. The van der Waals surface area contributed by atoms with Crippen molar-refractivity contribution in [3.8, 4) is 5.75 Å². The molecule has 0 radical (unpaired) electrons. The van der Waals surface area contributed by atoms with Gasteiger partial charge >= 0.3 is 0 Å². The van der Waals surface area contributed by atoms with Gasteiger partial charge in [0.1, 0.15) is 11.6 Å². The molecule has 134 valence electrons. The fraction of sp³-hybridized carbons (Fsp3) is 0.444. The number of nitrogens with zero attached hydrogens (tertiary/aromatic N) is 4. The maximum Gasteiger partial charge on any atom is 0.239 e. The molecule has 0 bridgehead atoms. The number of carbonyl (C=O) groups is 1. The Morgan fingerprint density at radius 3 is 2.60 bits per heavy atom. The molecule has 2 heterocycles. The van der Waals surface area contributed by atoms with Gasteiger partial charge in [-0.15, -0.1) is 0 Å². The van der Waals surface area contributed by atoms with Gasteiger partial charge in [0.2, 0.25) is 5.91 Å². The summed E-state index contributed by atoms with van der Waals surface area (Å²) in [5.74, 6) is 1.00. The zero-order chi connectivity index (χ0) is 17.8. The Balaban J connectivity index is 1.51. The topological polar surface area (TPSA) is 73.6 Å². The van der Waals surface area contributed by atoms with E-state index in [2.05, 4.69) is 20.2 Å². The first-order valence-electron chi connectivity index (χ1n) is 8.63. The van der Waals surface area contributed by atoms with E-state index in [1.54, 1.807) is 16.9 Å². The lowest BCUT2D eigenvalue weighted by molar-refractivity contribution is -0.117. The molecular weight excluding hydrogens is 318 g/mol. The second-order valence-electron chi connectivity index (χ2n) is 6.55. The molecule has 1 saturated heterocycles. The van der Waals surface area contributed by atoms with E-state index in [1.807, 2.05) is 38.1 Å². The van der Waals surface area contributed by atoms with E-state index >= 15 is 0 Å². The van der Waals surface area contributed by atoms with Crippen LogP contribution in [0.15, 0.2) is 36.5 Å². The summed E-state index contributed by atoms with van der Waals surface area (Å²) in [6, 6.07) is 9.38. The summed E-state index contributed by atoms with van der Waals surface area (Å²) in [6.07, 6.45) is 1.70. The van der Waals surface area contributed by atoms with Crippen molar-refractivity contribution in [2.24, 2.45) is 0 Å². The fourth-order valence-electron chi connectivity index (χ4n) is 3.09. The van der Waals surface area contributed by atoms with Crippen LogP contribution in [0.4, 0.5) is 11.5 Å². The molecule has 1 fully saturated rings. The van der Waals surface area contributed by atoms with Gasteiger partial charge in [0.15, 0.2) is 0 Å². The predicted octanol–water partition coefficient (Wildman–Crippen LogP) is 1.93. The lowest BCUT2D eigenvalue weighted by Gasteiger charge is -2.35. The van der Waals surface area contributed by atoms with Crippen molar-refractivity contribution in [1.29, 1.82) is 0 Å². The molecular formula is C18H25N5O2. The van der Waals surface area contributed by atoms with Gasteiger partial charge in [-0.3, -0.25) is 9.69 Å². The number of phenolic OH excluding ortho intramolecular Hbond substituents is 1. The highest BCUT2D eigenvalue weighted by Gasteiger charge is 2.21. The Morgan fingerprint density at radius 1 is 1.20 bits per heavy atom. The standard InChI is InChI=1S/C18H25N5O2/c1-14(2)23-17(7-8-19-23)20-18(25)13-21-9-11-22(12-10-21)15-5-3-4-6-16(15)24/h3-8,14,24H,9-13H2,1-2H3,(H,20,25). The highest BCUT2D eigenvalue weighted by molar-refractivity contribution is 5.91. The van der Waals surface area contributed by atoms with Crippen LogP contribution in [0.5, 0.6) is 5.75 Å². The Kier molecular flexibility index (Phi) is 5.23. The molecule has 3 rings (SSSR count). The van der Waals surface area contributed by atoms with Gasteiger partial charge in [0.25, 0.3) is 0 Å². The number of aromatic nitrogens is 2. The molecule has 7 nitrogen and oxygen atoms in total. The van der Waals surface area contributed by atoms with Crippen LogP contribution < -0.4 is 10.2 Å². The summed E-state index contributed by atoms with van der Waals surface area (Å²) in [4.78, 5) is 16.6. The number of hydrogen-bond donors (Lipinski definition) is 2. The highest BCUT2D eigenvalue weighted by atomic mass is 16.3. The van der Waals surface area contributed by atoms with Gasteiger partial charge in [-0.25, -0.2) is 4.68 Å². The summed E-state index contributed by atoms with van der Waals surface area (Å²) < 4.78 is 1.80. The molecule has 2 N–H and O–H groups in total. The molecule has 25 heavy (non-hydrogen) atoms. The number of phenols is 1. The normalized spacial score (nSPS) is 15.6. The van der Waals surface area contributed by atoms with Crippen LogP contribution in [0.3, 0.4) is 0 Å². The third kappa shape index (κ3) is 4.11. The number of amides is 1. The van der Waals surface area contributed by atoms with Crippen LogP contribution in [0.25, 0.3) is 0 Å². The minimum atomic E-state index is -0.0293. The first-order valence-corrected chi connectivity index (χ1v) is 8.63. The number of para-hydroxylation sites is 2. The van der Waals surface area contributed by atoms with E-state index in [9.17, 15) is 9.90 Å². The smallest absolute Gasteiger partial charge is 0.239 e. The van der Waals surface area contributed by atoms with Crippen LogP contribution in [0.1, 0.15) is 19.9 Å². The molecule has 7 heteroatoms. The number of rotatable bonds is 5. The van der Waals surface area contributed by atoms with Gasteiger partial charge in [-0.05, 0) is 26.0 Å². The number of piperazine rings is 1. The van der Waals surface area contributed by atoms with E-state index in [1.165, 1.54) is 0 Å². The number of anilines is 2. The van der Waals surface area contributed by atoms with Crippen molar-refractivity contribution in [2.75, 3.05) is 42.9 Å². The Hall–Kier alpha value is -2.54. The molecule has 1 aromatic heterocycles. The van der Waals surface area contributed by atoms with Crippen LogP contribution in [0.2, 0.25) is 0 Å². The zero-order valence-electron chi connectivity index (χ0n) is 14.7. The first kappa shape index (κ1) is 17.3. The maximum absolute atomic E-state index is 12.3. The summed E-state index contributed by atoms with van der Waals surface area (Å²) in [5.41, 5.74) is 0.854. The summed E-state index contributed by atoms with van der Waals surface area (Å²) >= 11 is 0. The first-order chi connectivity index (χ1) is 12.0. The van der Waals surface area contributed by atoms with Crippen molar-refractivity contribution < 1.29 is 9.90 Å². The Morgan fingerprint density at radius 2 is 1.92 bits per heavy atom. The Bertz CT molecular complexity index is 720. The van der Waals surface area contributed by atoms with Gasteiger partial charge in [0.05, 0.1) is 18.4 Å². The lowest BCUT2D eigenvalue weighted by Crippen LogP contribution is -2.48. The van der Waals surface area contributed by atoms with E-state index < -0.39 is 0 Å². The third-order valence-electron chi connectivity index (χ3n) is 4.39. The largest absolute Gasteiger partial charge is 0.506 e. The van der Waals surface area contributed by atoms with Crippen LogP contribution >= 0.6 is 0 Å². The minimum Gasteiger partial charge on any atom is -0.506 e. The molecule has 1 aromatic carbocycles. The molecule has 1 amide bonds. The SMILES string of the molecule is CC(C)n1nccc1NC(=O)CN1CCN(c2ccccc2O)CC1. The second kappa shape index (κ2) is 7.57. The molecule has 1 aliphatic heterocycles. The van der Waals surface area contributed by atoms with Crippen LogP contribution in [-0.4, -0.2) is 58.4 Å². The molecule has 0 saturated carbocycles. The minimum absolute atomic E-state index is 0.0293. The zero-order valence-corrected chi connectivity index (χ0v) is 14.7.